The smallest absolute Gasteiger partial charge is 0.375 e. The van der Waals surface area contributed by atoms with Crippen molar-refractivity contribution in [2.45, 2.75) is 36.8 Å². The van der Waals surface area contributed by atoms with Crippen molar-refractivity contribution in [1.82, 2.24) is 25.4 Å². The zero-order valence-corrected chi connectivity index (χ0v) is 16.5. The Morgan fingerprint density at radius 1 is 1.20 bits per heavy atom. The molecule has 0 aliphatic carbocycles. The predicted octanol–water partition coefficient (Wildman–Crippen LogP) is 0.649. The molecule has 0 saturated carbocycles. The van der Waals surface area contributed by atoms with Crippen molar-refractivity contribution in [3.63, 3.8) is 0 Å². The van der Waals surface area contributed by atoms with Crippen molar-refractivity contribution < 1.29 is 18.0 Å². The first-order chi connectivity index (χ1) is 14.4. The van der Waals surface area contributed by atoms with Crippen LogP contribution in [0.1, 0.15) is 12.0 Å². The average Bonchev–Trinajstić information content (AvgIpc) is 3.27. The Morgan fingerprint density at radius 3 is 2.80 bits per heavy atom. The number of nitrogens with zero attached hydrogens (tertiary/aromatic N) is 4. The molecule has 2 bridgehead atoms. The highest BCUT2D eigenvalue weighted by Gasteiger charge is 2.49. The Kier molecular flexibility index (Phi) is 4.95. The van der Waals surface area contributed by atoms with Crippen LogP contribution >= 0.6 is 0 Å². The van der Waals surface area contributed by atoms with Gasteiger partial charge in [0.05, 0.1) is 30.9 Å². The largest absolute Gasteiger partial charge is 0.417 e. The van der Waals surface area contributed by atoms with Crippen molar-refractivity contribution >= 4 is 12.1 Å². The minimum absolute atomic E-state index is 0.0808. The maximum absolute atomic E-state index is 13.0. The van der Waals surface area contributed by atoms with Crippen LogP contribution in [0.25, 0.3) is 0 Å². The van der Waals surface area contributed by atoms with Gasteiger partial charge >= 0.3 is 6.18 Å². The number of hydrogen-bond donors (Lipinski definition) is 2. The lowest BCUT2D eigenvalue weighted by atomic mass is 10.0. The Labute approximate surface area is 172 Å². The van der Waals surface area contributed by atoms with Crippen LogP contribution in [-0.2, 0) is 11.0 Å². The van der Waals surface area contributed by atoms with Crippen LogP contribution in [0.3, 0.4) is 0 Å². The highest BCUT2D eigenvalue weighted by molar-refractivity contribution is 5.53. The van der Waals surface area contributed by atoms with E-state index in [1.54, 1.807) is 0 Å². The summed E-state index contributed by atoms with van der Waals surface area (Å²) in [6, 6.07) is 3.35. The van der Waals surface area contributed by atoms with E-state index in [1.165, 1.54) is 11.8 Å². The summed E-state index contributed by atoms with van der Waals surface area (Å²) in [5.41, 5.74) is 0.513. The maximum Gasteiger partial charge on any atom is 0.417 e. The number of rotatable bonds is 4. The van der Waals surface area contributed by atoms with Crippen LogP contribution in [-0.4, -0.2) is 84.6 Å². The van der Waals surface area contributed by atoms with Gasteiger partial charge in [0.15, 0.2) is 0 Å². The molecular weight excluding hydrogens is 397 g/mol. The second-order valence-corrected chi connectivity index (χ2v) is 8.44. The van der Waals surface area contributed by atoms with Gasteiger partial charge in [-0.15, -0.1) is 0 Å². The van der Waals surface area contributed by atoms with Gasteiger partial charge in [-0.25, -0.2) is 4.98 Å². The number of anilines is 1. The van der Waals surface area contributed by atoms with Gasteiger partial charge in [0.1, 0.15) is 12.1 Å². The quantitative estimate of drug-likeness (QED) is 0.691. The van der Waals surface area contributed by atoms with Crippen molar-refractivity contribution in [1.29, 1.82) is 0 Å². The van der Waals surface area contributed by atoms with Crippen LogP contribution in [0.4, 0.5) is 19.0 Å². The van der Waals surface area contributed by atoms with Crippen molar-refractivity contribution in [3.8, 4) is 0 Å². The predicted molar refractivity (Wildman–Crippen MR) is 105 cm³/mol. The van der Waals surface area contributed by atoms with E-state index in [2.05, 4.69) is 36.4 Å². The third-order valence-corrected chi connectivity index (χ3v) is 6.74. The van der Waals surface area contributed by atoms with Gasteiger partial charge in [-0.1, -0.05) is 0 Å². The fourth-order valence-electron chi connectivity index (χ4n) is 5.41. The number of carbonyl (C=O) groups excluding carboxylic acids is 1. The number of nitrogens with one attached hydrogen (secondary N) is 2. The standard InChI is InChI=1S/C20H25F3N6O/c21-20(22,23)13-1-2-19(24-8-13)29-14-7-17(18(29)11-27(9-14)5-6-30)28-4-3-15-16(10-28)26-12-25-15/h1-3,6,8,14,16-18,25-26H,4-5,7,9-12H2. The summed E-state index contributed by atoms with van der Waals surface area (Å²) in [7, 11) is 0. The number of alkyl halides is 3. The van der Waals surface area contributed by atoms with Gasteiger partial charge in [-0.05, 0) is 24.6 Å². The highest BCUT2D eigenvalue weighted by atomic mass is 19.4. The number of pyridine rings is 1. The first-order valence-electron chi connectivity index (χ1n) is 10.3. The second-order valence-electron chi connectivity index (χ2n) is 8.44. The normalized spacial score (nSPS) is 32.0. The van der Waals surface area contributed by atoms with Gasteiger partial charge in [0, 0.05) is 50.2 Å². The van der Waals surface area contributed by atoms with E-state index in [-0.39, 0.29) is 18.1 Å². The summed E-state index contributed by atoms with van der Waals surface area (Å²) in [5.74, 6) is 0.583. The highest BCUT2D eigenvalue weighted by Crippen LogP contribution is 2.38. The molecule has 7 nitrogen and oxygen atoms in total. The average molecular weight is 422 g/mol. The summed E-state index contributed by atoms with van der Waals surface area (Å²) in [4.78, 5) is 22.1. The Balaban J connectivity index is 1.40. The molecule has 4 aliphatic heterocycles. The van der Waals surface area contributed by atoms with Gasteiger partial charge in [-0.3, -0.25) is 15.1 Å². The number of hydrogen-bond acceptors (Lipinski definition) is 7. The van der Waals surface area contributed by atoms with Crippen LogP contribution in [0.2, 0.25) is 0 Å². The molecule has 10 heteroatoms. The van der Waals surface area contributed by atoms with E-state index in [0.29, 0.717) is 31.5 Å². The molecule has 162 valence electrons. The summed E-state index contributed by atoms with van der Waals surface area (Å²) in [6.07, 6.45) is 0.582. The van der Waals surface area contributed by atoms with Gasteiger partial charge in [-0.2, -0.15) is 13.2 Å². The molecule has 5 rings (SSSR count). The van der Waals surface area contributed by atoms with E-state index < -0.39 is 11.7 Å². The molecule has 0 radical (unpaired) electrons. The Morgan fingerprint density at radius 2 is 2.07 bits per heavy atom. The summed E-state index contributed by atoms with van der Waals surface area (Å²) < 4.78 is 38.9. The van der Waals surface area contributed by atoms with Crippen LogP contribution < -0.4 is 15.5 Å². The fraction of sp³-hybridized carbons (Fsp3) is 0.600. The molecule has 4 aliphatic rings. The lowest BCUT2D eigenvalue weighted by Gasteiger charge is -2.44. The third kappa shape index (κ3) is 3.46. The SMILES string of the molecule is O=CCN1CC2CC(N3CC=C4NCNC4C3)C(C1)N2c1ccc(C(F)(F)F)cn1. The zero-order valence-electron chi connectivity index (χ0n) is 16.5. The molecule has 4 atom stereocenters. The summed E-state index contributed by atoms with van der Waals surface area (Å²) in [6.45, 7) is 4.31. The summed E-state index contributed by atoms with van der Waals surface area (Å²) >= 11 is 0. The first-order valence-corrected chi connectivity index (χ1v) is 10.3. The lowest BCUT2D eigenvalue weighted by Crippen LogP contribution is -2.59. The molecule has 2 N–H and O–H groups in total. The Bertz CT molecular complexity index is 829. The molecule has 3 saturated heterocycles. The molecule has 3 fully saturated rings. The molecule has 0 amide bonds. The number of fused-ring (bicyclic) bond motifs is 3. The lowest BCUT2D eigenvalue weighted by molar-refractivity contribution is -0.137. The van der Waals surface area contributed by atoms with E-state index >= 15 is 0 Å². The maximum atomic E-state index is 13.0. The minimum Gasteiger partial charge on any atom is -0.375 e. The topological polar surface area (TPSA) is 63.7 Å². The van der Waals surface area contributed by atoms with E-state index in [9.17, 15) is 18.0 Å². The van der Waals surface area contributed by atoms with Crippen molar-refractivity contribution in [2.24, 2.45) is 0 Å². The zero-order chi connectivity index (χ0) is 20.9. The van der Waals surface area contributed by atoms with Crippen LogP contribution in [0, 0.1) is 0 Å². The molecule has 30 heavy (non-hydrogen) atoms. The minimum atomic E-state index is -4.39. The summed E-state index contributed by atoms with van der Waals surface area (Å²) in [5, 5.41) is 6.81. The molecule has 5 heterocycles. The molecule has 4 unspecified atom stereocenters. The fourth-order valence-corrected chi connectivity index (χ4v) is 5.41. The van der Waals surface area contributed by atoms with Crippen LogP contribution in [0.15, 0.2) is 30.1 Å². The van der Waals surface area contributed by atoms with Gasteiger partial charge < -0.3 is 15.0 Å². The molecule has 0 spiro atoms. The van der Waals surface area contributed by atoms with Gasteiger partial charge in [0.25, 0.3) is 0 Å². The number of likely N-dealkylation sites (tertiary alicyclic amines) is 1. The first kappa shape index (κ1) is 19.8. The number of aromatic nitrogens is 1. The molecule has 1 aromatic rings. The molecular formula is C20H25F3N6O. The monoisotopic (exact) mass is 422 g/mol. The number of piperazine rings is 1. The van der Waals surface area contributed by atoms with Crippen molar-refractivity contribution in [3.05, 3.63) is 35.7 Å². The van der Waals surface area contributed by atoms with E-state index in [4.69, 9.17) is 0 Å². The number of carbonyl (C=O) groups is 1. The van der Waals surface area contributed by atoms with Gasteiger partial charge in [0.2, 0.25) is 0 Å². The molecule has 1 aromatic heterocycles. The number of aldehydes is 1. The molecule has 0 aromatic carbocycles. The van der Waals surface area contributed by atoms with E-state index in [1.807, 2.05) is 0 Å². The van der Waals surface area contributed by atoms with Crippen molar-refractivity contribution in [2.75, 3.05) is 44.3 Å². The van der Waals surface area contributed by atoms with E-state index in [0.717, 1.165) is 44.7 Å². The second kappa shape index (κ2) is 7.51. The Hall–Kier alpha value is -2.17. The number of halogens is 3. The van der Waals surface area contributed by atoms with Crippen LogP contribution in [0.5, 0.6) is 0 Å². The third-order valence-electron chi connectivity index (χ3n) is 6.74.